The lowest BCUT2D eigenvalue weighted by Gasteiger charge is -2.03. The van der Waals surface area contributed by atoms with Crippen molar-refractivity contribution in [1.29, 1.82) is 0 Å². The summed E-state index contributed by atoms with van der Waals surface area (Å²) >= 11 is 0. The van der Waals surface area contributed by atoms with Crippen LogP contribution in [-0.2, 0) is 11.9 Å². The van der Waals surface area contributed by atoms with E-state index in [2.05, 4.69) is 13.8 Å². The van der Waals surface area contributed by atoms with Crippen LogP contribution < -0.4 is 0 Å². The third-order valence-corrected chi connectivity index (χ3v) is 5.35. The van der Waals surface area contributed by atoms with Gasteiger partial charge in [-0.1, -0.05) is 26.8 Å². The molecule has 0 spiro atoms. The van der Waals surface area contributed by atoms with Gasteiger partial charge in [0.2, 0.25) is 0 Å². The highest BCUT2D eigenvalue weighted by atomic mass is 32.2. The molecule has 104 valence electrons. The molecule has 0 aliphatic carbocycles. The van der Waals surface area contributed by atoms with Crippen molar-refractivity contribution in [3.05, 3.63) is 34.7 Å². The summed E-state index contributed by atoms with van der Waals surface area (Å²) < 4.78 is 40.2. The van der Waals surface area contributed by atoms with Crippen molar-refractivity contribution in [2.45, 2.75) is 45.0 Å². The van der Waals surface area contributed by atoms with Crippen LogP contribution in [0.1, 0.15) is 43.6 Å². The van der Waals surface area contributed by atoms with E-state index < -0.39 is 16.0 Å². The number of alkyl halides is 3. The third kappa shape index (κ3) is 2.78. The Morgan fingerprint density at radius 3 is 2.37 bits per heavy atom. The molecule has 1 aromatic heterocycles. The highest BCUT2D eigenvalue weighted by Gasteiger charge is 2.47. The quantitative estimate of drug-likeness (QED) is 0.595. The average molecular weight is 287 g/mol. The zero-order chi connectivity index (χ0) is 14.2. The highest BCUT2D eigenvalue weighted by molar-refractivity contribution is 7.38. The minimum absolute atomic E-state index is 0.335. The van der Waals surface area contributed by atoms with E-state index in [0.717, 1.165) is 17.4 Å². The van der Waals surface area contributed by atoms with Crippen LogP contribution in [0.15, 0.2) is 24.3 Å². The van der Waals surface area contributed by atoms with Gasteiger partial charge in [-0.25, -0.2) is 0 Å². The standard InChI is InChI=1S/C15H18F3S/c1-4-5-13-9-12-8-11(10(2)3)6-7-14(12)19(13)15(16,17)18/h6-10H,4-5H2,1-3H3/q+1. The van der Waals surface area contributed by atoms with Crippen LogP contribution in [0.2, 0.25) is 0 Å². The van der Waals surface area contributed by atoms with Gasteiger partial charge in [0.05, 0.1) is 10.5 Å². The van der Waals surface area contributed by atoms with Crippen LogP contribution in [-0.4, -0.2) is 0 Å². The maximum Gasteiger partial charge on any atom is 0.600 e. The summed E-state index contributed by atoms with van der Waals surface area (Å²) in [6.45, 7) is 6.02. The third-order valence-electron chi connectivity index (χ3n) is 3.23. The zero-order valence-electron chi connectivity index (χ0n) is 11.3. The molecule has 2 aromatic rings. The van der Waals surface area contributed by atoms with Crippen molar-refractivity contribution in [1.82, 2.24) is 0 Å². The predicted octanol–water partition coefficient (Wildman–Crippen LogP) is 6.14. The van der Waals surface area contributed by atoms with Gasteiger partial charge in [-0.3, -0.25) is 0 Å². The van der Waals surface area contributed by atoms with E-state index in [9.17, 15) is 13.2 Å². The number of aryl methyl sites for hydroxylation is 1. The molecule has 1 unspecified atom stereocenters. The Kier molecular flexibility index (Phi) is 3.90. The molecule has 0 saturated heterocycles. The predicted molar refractivity (Wildman–Crippen MR) is 75.8 cm³/mol. The minimum atomic E-state index is -4.16. The van der Waals surface area contributed by atoms with Gasteiger partial charge < -0.3 is 0 Å². The molecule has 0 aliphatic heterocycles. The Labute approximate surface area is 114 Å². The van der Waals surface area contributed by atoms with E-state index in [-0.39, 0.29) is 0 Å². The molecular formula is C15H18F3S+. The molecule has 0 N–H and O–H groups in total. The summed E-state index contributed by atoms with van der Waals surface area (Å²) in [6, 6.07) is 7.16. The molecule has 1 heterocycles. The van der Waals surface area contributed by atoms with Crippen molar-refractivity contribution >= 4 is 20.6 Å². The molecule has 0 bridgehead atoms. The van der Waals surface area contributed by atoms with E-state index in [1.165, 1.54) is 0 Å². The lowest BCUT2D eigenvalue weighted by Crippen LogP contribution is -1.98. The van der Waals surface area contributed by atoms with E-state index >= 15 is 0 Å². The van der Waals surface area contributed by atoms with Crippen molar-refractivity contribution in [3.63, 3.8) is 0 Å². The van der Waals surface area contributed by atoms with Crippen LogP contribution in [0.25, 0.3) is 10.1 Å². The molecule has 0 nitrogen and oxygen atoms in total. The van der Waals surface area contributed by atoms with E-state index in [4.69, 9.17) is 0 Å². The number of hydrogen-bond donors (Lipinski definition) is 0. The first-order valence-electron chi connectivity index (χ1n) is 6.50. The van der Waals surface area contributed by atoms with Gasteiger partial charge in [0.1, 0.15) is 0 Å². The molecule has 1 aromatic carbocycles. The molecule has 0 radical (unpaired) electrons. The molecule has 2 rings (SSSR count). The summed E-state index contributed by atoms with van der Waals surface area (Å²) in [5.74, 6) is 0.335. The SMILES string of the molecule is CCCc1cc2cc(C(C)C)ccc2[s+]1C(F)(F)F. The van der Waals surface area contributed by atoms with Gasteiger partial charge in [0, 0.05) is 17.9 Å². The molecule has 0 saturated carbocycles. The van der Waals surface area contributed by atoms with Crippen LogP contribution in [0.4, 0.5) is 13.2 Å². The Morgan fingerprint density at radius 2 is 1.84 bits per heavy atom. The Hall–Kier alpha value is -1.03. The highest BCUT2D eigenvalue weighted by Crippen LogP contribution is 2.51. The van der Waals surface area contributed by atoms with Crippen LogP contribution >= 0.6 is 10.5 Å². The van der Waals surface area contributed by atoms with Crippen LogP contribution in [0.3, 0.4) is 0 Å². The van der Waals surface area contributed by atoms with Gasteiger partial charge in [0.15, 0.2) is 9.58 Å². The molecule has 0 aliphatic rings. The normalized spacial score (nSPS) is 13.5. The average Bonchev–Trinajstić information content (AvgIpc) is 2.65. The second-order valence-electron chi connectivity index (χ2n) is 5.06. The summed E-state index contributed by atoms with van der Waals surface area (Å²) in [7, 11) is -1.72. The topological polar surface area (TPSA) is 0 Å². The van der Waals surface area contributed by atoms with Crippen molar-refractivity contribution in [2.75, 3.05) is 0 Å². The number of rotatable bonds is 3. The maximum atomic E-state index is 13.2. The fourth-order valence-electron chi connectivity index (χ4n) is 2.29. The Balaban J connectivity index is 2.66. The van der Waals surface area contributed by atoms with Gasteiger partial charge in [0.25, 0.3) is 0 Å². The van der Waals surface area contributed by atoms with Crippen molar-refractivity contribution in [3.8, 4) is 0 Å². The van der Waals surface area contributed by atoms with Gasteiger partial charge in [-0.15, -0.1) is 13.2 Å². The molecular weight excluding hydrogens is 269 g/mol. The monoisotopic (exact) mass is 287 g/mol. The Bertz CT molecular complexity index is 579. The summed E-state index contributed by atoms with van der Waals surface area (Å²) in [5, 5.41) is 0.760. The molecule has 1 atom stereocenters. The minimum Gasteiger partial charge on any atom is -0.118 e. The van der Waals surface area contributed by atoms with E-state index in [1.54, 1.807) is 12.1 Å². The number of hydrogen-bond acceptors (Lipinski definition) is 0. The maximum absolute atomic E-state index is 13.2. The largest absolute Gasteiger partial charge is 0.600 e. The van der Waals surface area contributed by atoms with Crippen LogP contribution in [0, 0.1) is 0 Å². The lowest BCUT2D eigenvalue weighted by molar-refractivity contribution is -0.0867. The number of benzene rings is 1. The summed E-state index contributed by atoms with van der Waals surface area (Å²) in [6.07, 6.45) is 1.27. The summed E-state index contributed by atoms with van der Waals surface area (Å²) in [5.41, 5.74) is -3.07. The lowest BCUT2D eigenvalue weighted by atomic mass is 10.0. The fourth-order valence-corrected chi connectivity index (χ4v) is 4.33. The second-order valence-corrected chi connectivity index (χ2v) is 7.10. The number of fused-ring (bicyclic) bond motifs is 1. The Morgan fingerprint density at radius 1 is 1.16 bits per heavy atom. The van der Waals surface area contributed by atoms with E-state index in [0.29, 0.717) is 21.9 Å². The van der Waals surface area contributed by atoms with Gasteiger partial charge in [-0.2, -0.15) is 0 Å². The smallest absolute Gasteiger partial charge is 0.118 e. The van der Waals surface area contributed by atoms with Gasteiger partial charge >= 0.3 is 5.51 Å². The summed E-state index contributed by atoms with van der Waals surface area (Å²) in [4.78, 5) is 0.533. The second kappa shape index (κ2) is 5.16. The van der Waals surface area contributed by atoms with Crippen molar-refractivity contribution in [2.24, 2.45) is 0 Å². The molecule has 0 amide bonds. The number of thiophene rings is 1. The molecule has 0 fully saturated rings. The van der Waals surface area contributed by atoms with E-state index in [1.807, 2.05) is 19.1 Å². The first-order chi connectivity index (χ1) is 8.84. The first kappa shape index (κ1) is 14.4. The number of halogens is 3. The van der Waals surface area contributed by atoms with Crippen LogP contribution in [0.5, 0.6) is 0 Å². The molecule has 19 heavy (non-hydrogen) atoms. The van der Waals surface area contributed by atoms with Crippen molar-refractivity contribution < 1.29 is 13.2 Å². The molecule has 4 heteroatoms. The first-order valence-corrected chi connectivity index (χ1v) is 7.72. The fraction of sp³-hybridized carbons (Fsp3) is 0.467. The zero-order valence-corrected chi connectivity index (χ0v) is 12.2. The van der Waals surface area contributed by atoms with Gasteiger partial charge in [-0.05, 0) is 30.0 Å².